The van der Waals surface area contributed by atoms with E-state index in [0.717, 1.165) is 36.5 Å². The quantitative estimate of drug-likeness (QED) is 0.847. The average molecular weight is 323 g/mol. The Balaban J connectivity index is 1.88. The number of hydrogen-bond acceptors (Lipinski definition) is 3. The third-order valence-corrected chi connectivity index (χ3v) is 4.63. The maximum absolute atomic E-state index is 9.80. The van der Waals surface area contributed by atoms with Crippen LogP contribution in [0.1, 0.15) is 23.6 Å². The third kappa shape index (κ3) is 3.40. The molecule has 1 heterocycles. The fraction of sp³-hybridized carbons (Fsp3) is 0.333. The first-order valence-electron chi connectivity index (χ1n) is 8.38. The Hall–Kier alpha value is -2.42. The molecule has 126 valence electrons. The molecule has 0 aromatic heterocycles. The molecule has 0 amide bonds. The maximum Gasteiger partial charge on any atom is 0.146 e. The first-order chi connectivity index (χ1) is 11.4. The van der Waals surface area contributed by atoms with Crippen LogP contribution in [-0.4, -0.2) is 24.3 Å². The van der Waals surface area contributed by atoms with Crippen LogP contribution in [-0.2, 0) is 6.42 Å². The minimum absolute atomic E-state index is 0.0548. The summed E-state index contributed by atoms with van der Waals surface area (Å²) in [7, 11) is 0. The number of hydrogen-bond donors (Lipinski definition) is 1. The highest BCUT2D eigenvalue weighted by Crippen LogP contribution is 2.37. The first kappa shape index (κ1) is 16.4. The van der Waals surface area contributed by atoms with Crippen LogP contribution in [0.15, 0.2) is 48.6 Å². The summed E-state index contributed by atoms with van der Waals surface area (Å²) >= 11 is 0. The smallest absolute Gasteiger partial charge is 0.146 e. The maximum atomic E-state index is 9.80. The summed E-state index contributed by atoms with van der Waals surface area (Å²) in [6.45, 7) is 12.0. The summed E-state index contributed by atoms with van der Waals surface area (Å²) in [4.78, 5) is 2.29. The molecule has 0 saturated carbocycles. The number of fused-ring (bicyclic) bond motifs is 1. The van der Waals surface area contributed by atoms with Gasteiger partial charge in [-0.3, -0.25) is 0 Å². The van der Waals surface area contributed by atoms with Gasteiger partial charge in [0.15, 0.2) is 0 Å². The molecular weight excluding hydrogens is 298 g/mol. The van der Waals surface area contributed by atoms with Crippen molar-refractivity contribution in [3.63, 3.8) is 0 Å². The molecule has 0 aliphatic carbocycles. The largest absolute Gasteiger partial charge is 0.508 e. The molecule has 0 bridgehead atoms. The van der Waals surface area contributed by atoms with Crippen LogP contribution in [0.5, 0.6) is 11.5 Å². The summed E-state index contributed by atoms with van der Waals surface area (Å²) in [5.74, 6) is 0.981. The number of nitrogens with zero attached hydrogens (tertiary/aromatic N) is 1. The second-order valence-corrected chi connectivity index (χ2v) is 6.79. The topological polar surface area (TPSA) is 32.7 Å². The van der Waals surface area contributed by atoms with Gasteiger partial charge in [-0.25, -0.2) is 0 Å². The van der Waals surface area contributed by atoms with Crippen molar-refractivity contribution < 1.29 is 9.84 Å². The van der Waals surface area contributed by atoms with Gasteiger partial charge in [-0.1, -0.05) is 30.4 Å². The molecule has 1 unspecified atom stereocenters. The minimum Gasteiger partial charge on any atom is -0.508 e. The normalized spacial score (nSPS) is 16.5. The summed E-state index contributed by atoms with van der Waals surface area (Å²) in [6, 6.07) is 11.7. The van der Waals surface area contributed by atoms with Crippen LogP contribution in [0.3, 0.4) is 0 Å². The molecule has 1 aliphatic rings. The molecule has 3 heteroatoms. The van der Waals surface area contributed by atoms with Gasteiger partial charge in [-0.05, 0) is 49.6 Å². The monoisotopic (exact) mass is 323 g/mol. The van der Waals surface area contributed by atoms with Crippen molar-refractivity contribution in [1.29, 1.82) is 0 Å². The van der Waals surface area contributed by atoms with Gasteiger partial charge >= 0.3 is 0 Å². The first-order valence-corrected chi connectivity index (χ1v) is 8.38. The number of aryl methyl sites for hydroxylation is 1. The molecule has 3 rings (SSSR count). The van der Waals surface area contributed by atoms with E-state index < -0.39 is 0 Å². The predicted octanol–water partition coefficient (Wildman–Crippen LogP) is 4.40. The predicted molar refractivity (Wildman–Crippen MR) is 99.2 cm³/mol. The average Bonchev–Trinajstić information content (AvgIpc) is 2.51. The van der Waals surface area contributed by atoms with E-state index in [1.807, 2.05) is 13.0 Å². The van der Waals surface area contributed by atoms with E-state index in [1.54, 1.807) is 12.1 Å². The molecule has 0 fully saturated rings. The summed E-state index contributed by atoms with van der Waals surface area (Å²) < 4.78 is 6.19. The highest BCUT2D eigenvalue weighted by Gasteiger charge is 2.26. The number of benzene rings is 2. The van der Waals surface area contributed by atoms with Gasteiger partial charge in [0.2, 0.25) is 0 Å². The Bertz CT molecular complexity index is 766. The van der Waals surface area contributed by atoms with Crippen LogP contribution >= 0.6 is 0 Å². The lowest BCUT2D eigenvalue weighted by Crippen LogP contribution is -2.42. The zero-order chi connectivity index (χ0) is 17.3. The number of anilines is 1. The lowest BCUT2D eigenvalue weighted by molar-refractivity contribution is 0.193. The second kappa shape index (κ2) is 6.60. The van der Waals surface area contributed by atoms with E-state index in [1.165, 1.54) is 16.7 Å². The van der Waals surface area contributed by atoms with Crippen LogP contribution in [0.2, 0.25) is 0 Å². The highest BCUT2D eigenvalue weighted by atomic mass is 16.5. The van der Waals surface area contributed by atoms with E-state index in [2.05, 4.69) is 43.5 Å². The molecule has 2 aromatic carbocycles. The SMILES string of the molecule is C=C(C)CN1CC(Cc2cccc(C)c2C)Oc2cc(O)ccc21. The van der Waals surface area contributed by atoms with E-state index in [-0.39, 0.29) is 11.9 Å². The molecule has 1 aliphatic heterocycles. The molecule has 0 saturated heterocycles. The molecule has 3 nitrogen and oxygen atoms in total. The Morgan fingerprint density at radius 1 is 1.29 bits per heavy atom. The van der Waals surface area contributed by atoms with Gasteiger partial charge < -0.3 is 14.7 Å². The number of rotatable bonds is 4. The molecule has 2 aromatic rings. The van der Waals surface area contributed by atoms with Crippen molar-refractivity contribution in [3.8, 4) is 11.5 Å². The summed E-state index contributed by atoms with van der Waals surface area (Å²) in [5, 5.41) is 9.80. The van der Waals surface area contributed by atoms with Gasteiger partial charge in [0.05, 0.1) is 12.2 Å². The molecule has 24 heavy (non-hydrogen) atoms. The van der Waals surface area contributed by atoms with Crippen molar-refractivity contribution in [3.05, 3.63) is 65.2 Å². The standard InChI is InChI=1S/C21H25NO2/c1-14(2)12-22-13-19(10-17-7-5-6-15(3)16(17)4)24-21-11-18(23)8-9-20(21)22/h5-9,11,19,23H,1,10,12-13H2,2-4H3. The lowest BCUT2D eigenvalue weighted by atomic mass is 9.97. The van der Waals surface area contributed by atoms with Crippen LogP contribution in [0, 0.1) is 13.8 Å². The van der Waals surface area contributed by atoms with Gasteiger partial charge in [-0.15, -0.1) is 0 Å². The van der Waals surface area contributed by atoms with Crippen molar-refractivity contribution in [2.24, 2.45) is 0 Å². The van der Waals surface area contributed by atoms with E-state index in [0.29, 0.717) is 0 Å². The number of phenolic OH excluding ortho intramolecular Hbond substituents is 1. The van der Waals surface area contributed by atoms with Gasteiger partial charge in [-0.2, -0.15) is 0 Å². The Labute approximate surface area is 144 Å². The minimum atomic E-state index is 0.0548. The molecular formula is C21H25NO2. The Morgan fingerprint density at radius 3 is 2.83 bits per heavy atom. The van der Waals surface area contributed by atoms with Crippen LogP contribution in [0.25, 0.3) is 0 Å². The second-order valence-electron chi connectivity index (χ2n) is 6.79. The van der Waals surface area contributed by atoms with Gasteiger partial charge in [0.25, 0.3) is 0 Å². The fourth-order valence-corrected chi connectivity index (χ4v) is 3.28. The summed E-state index contributed by atoms with van der Waals surface area (Å²) in [5.41, 5.74) is 6.09. The van der Waals surface area contributed by atoms with E-state index in [4.69, 9.17) is 4.74 Å². The van der Waals surface area contributed by atoms with Crippen molar-refractivity contribution >= 4 is 5.69 Å². The zero-order valence-electron chi connectivity index (χ0n) is 14.7. The van der Waals surface area contributed by atoms with Gasteiger partial charge in [0.1, 0.15) is 17.6 Å². The number of ether oxygens (including phenoxy) is 1. The summed E-state index contributed by atoms with van der Waals surface area (Å²) in [6.07, 6.45) is 0.911. The fourth-order valence-electron chi connectivity index (χ4n) is 3.28. The number of aromatic hydroxyl groups is 1. The highest BCUT2D eigenvalue weighted by molar-refractivity contribution is 5.63. The Morgan fingerprint density at radius 2 is 2.08 bits per heavy atom. The van der Waals surface area contributed by atoms with Crippen molar-refractivity contribution in [1.82, 2.24) is 0 Å². The van der Waals surface area contributed by atoms with Crippen LogP contribution < -0.4 is 9.64 Å². The number of phenols is 1. The van der Waals surface area contributed by atoms with Crippen molar-refractivity contribution in [2.75, 3.05) is 18.0 Å². The molecule has 1 N–H and O–H groups in total. The lowest BCUT2D eigenvalue weighted by Gasteiger charge is -2.37. The molecule has 0 radical (unpaired) electrons. The van der Waals surface area contributed by atoms with Crippen molar-refractivity contribution in [2.45, 2.75) is 33.3 Å². The van der Waals surface area contributed by atoms with Gasteiger partial charge in [0, 0.05) is 19.0 Å². The van der Waals surface area contributed by atoms with E-state index >= 15 is 0 Å². The van der Waals surface area contributed by atoms with E-state index in [9.17, 15) is 5.11 Å². The molecule has 0 spiro atoms. The Kier molecular flexibility index (Phi) is 4.52. The molecule has 1 atom stereocenters. The third-order valence-electron chi connectivity index (χ3n) is 4.63. The van der Waals surface area contributed by atoms with Crippen LogP contribution in [0.4, 0.5) is 5.69 Å². The zero-order valence-corrected chi connectivity index (χ0v) is 14.7.